The van der Waals surface area contributed by atoms with E-state index in [0.29, 0.717) is 6.42 Å². The van der Waals surface area contributed by atoms with Crippen molar-refractivity contribution in [2.45, 2.75) is 19.8 Å². The van der Waals surface area contributed by atoms with Crippen molar-refractivity contribution < 1.29 is 8.42 Å². The average Bonchev–Trinajstić information content (AvgIpc) is 2.69. The van der Waals surface area contributed by atoms with E-state index in [9.17, 15) is 8.42 Å². The first-order valence-corrected chi connectivity index (χ1v) is 7.75. The van der Waals surface area contributed by atoms with E-state index in [2.05, 4.69) is 10.4 Å². The molecule has 0 saturated heterocycles. The van der Waals surface area contributed by atoms with Gasteiger partial charge in [-0.15, -0.1) is 0 Å². The molecule has 1 aromatic rings. The van der Waals surface area contributed by atoms with Gasteiger partial charge in [-0.25, -0.2) is 8.42 Å². The molecule has 17 heavy (non-hydrogen) atoms. The zero-order valence-corrected chi connectivity index (χ0v) is 11.3. The fourth-order valence-corrected chi connectivity index (χ4v) is 2.42. The molecule has 0 aliphatic carbocycles. The molecule has 98 valence electrons. The third-order valence-corrected chi connectivity index (χ3v) is 4.52. The maximum atomic E-state index is 11.2. The average molecular weight is 259 g/mol. The molecule has 0 aliphatic rings. The molecule has 0 aliphatic heterocycles. The van der Waals surface area contributed by atoms with Crippen LogP contribution in [-0.2, 0) is 23.3 Å². The van der Waals surface area contributed by atoms with Gasteiger partial charge in [0.05, 0.1) is 5.75 Å². The lowest BCUT2D eigenvalue weighted by Crippen LogP contribution is -2.22. The van der Waals surface area contributed by atoms with Gasteiger partial charge in [-0.3, -0.25) is 4.68 Å². The van der Waals surface area contributed by atoms with Crippen LogP contribution < -0.4 is 5.32 Å². The highest BCUT2D eigenvalue weighted by molar-refractivity contribution is 7.91. The summed E-state index contributed by atoms with van der Waals surface area (Å²) in [6.07, 6.45) is 3.38. The van der Waals surface area contributed by atoms with Crippen molar-refractivity contribution in [1.82, 2.24) is 15.1 Å². The summed E-state index contributed by atoms with van der Waals surface area (Å²) in [4.78, 5) is 0. The van der Waals surface area contributed by atoms with Gasteiger partial charge in [-0.1, -0.05) is 6.92 Å². The van der Waals surface area contributed by atoms with Crippen molar-refractivity contribution in [1.29, 1.82) is 0 Å². The molecule has 6 heteroatoms. The van der Waals surface area contributed by atoms with Crippen molar-refractivity contribution in [3.8, 4) is 0 Å². The van der Waals surface area contributed by atoms with Gasteiger partial charge in [-0.05, 0) is 19.0 Å². The lowest BCUT2D eigenvalue weighted by Gasteiger charge is -2.05. The van der Waals surface area contributed by atoms with Crippen LogP contribution in [0.4, 0.5) is 0 Å². The van der Waals surface area contributed by atoms with Crippen LogP contribution in [0.2, 0.25) is 0 Å². The molecule has 1 rings (SSSR count). The highest BCUT2D eigenvalue weighted by atomic mass is 32.2. The fraction of sp³-hybridized carbons (Fsp3) is 0.727. The zero-order chi connectivity index (χ0) is 12.7. The summed E-state index contributed by atoms with van der Waals surface area (Å²) < 4.78 is 24.3. The summed E-state index contributed by atoms with van der Waals surface area (Å²) >= 11 is 0. The lowest BCUT2D eigenvalue weighted by atomic mass is 10.3. The van der Waals surface area contributed by atoms with Crippen molar-refractivity contribution in [2.75, 3.05) is 24.6 Å². The van der Waals surface area contributed by atoms with Gasteiger partial charge in [0.2, 0.25) is 0 Å². The Bertz CT molecular complexity index is 426. The van der Waals surface area contributed by atoms with Crippen LogP contribution >= 0.6 is 0 Å². The van der Waals surface area contributed by atoms with Crippen LogP contribution in [0.3, 0.4) is 0 Å². The third-order valence-electron chi connectivity index (χ3n) is 2.73. The molecule has 5 nitrogen and oxygen atoms in total. The quantitative estimate of drug-likeness (QED) is 0.685. The van der Waals surface area contributed by atoms with Gasteiger partial charge in [0.1, 0.15) is 9.84 Å². The minimum atomic E-state index is -2.81. The summed E-state index contributed by atoms with van der Waals surface area (Å²) in [7, 11) is -0.891. The Morgan fingerprint density at radius 3 is 2.76 bits per heavy atom. The molecule has 0 bridgehead atoms. The van der Waals surface area contributed by atoms with E-state index >= 15 is 0 Å². The largest absolute Gasteiger partial charge is 0.316 e. The van der Waals surface area contributed by atoms with E-state index in [0.717, 1.165) is 19.5 Å². The van der Waals surface area contributed by atoms with Crippen LogP contribution in [0.15, 0.2) is 12.3 Å². The van der Waals surface area contributed by atoms with Gasteiger partial charge < -0.3 is 5.32 Å². The van der Waals surface area contributed by atoms with E-state index in [4.69, 9.17) is 0 Å². The molecule has 0 fully saturated rings. The van der Waals surface area contributed by atoms with E-state index in [1.54, 1.807) is 13.1 Å². The number of sulfone groups is 1. The smallest absolute Gasteiger partial charge is 0.150 e. The fourth-order valence-electron chi connectivity index (χ4n) is 1.55. The monoisotopic (exact) mass is 259 g/mol. The van der Waals surface area contributed by atoms with Gasteiger partial charge in [0.25, 0.3) is 0 Å². The normalized spacial score (nSPS) is 11.9. The molecule has 0 spiro atoms. The van der Waals surface area contributed by atoms with E-state index in [-0.39, 0.29) is 11.5 Å². The second-order valence-corrected chi connectivity index (χ2v) is 6.51. The number of hydrogen-bond donors (Lipinski definition) is 1. The molecule has 0 atom stereocenters. The predicted molar refractivity (Wildman–Crippen MR) is 68.7 cm³/mol. The Hall–Kier alpha value is -0.880. The summed E-state index contributed by atoms with van der Waals surface area (Å²) in [5.74, 6) is 0.518. The molecular weight excluding hydrogens is 238 g/mol. The second-order valence-electron chi connectivity index (χ2n) is 4.04. The van der Waals surface area contributed by atoms with Gasteiger partial charge in [-0.2, -0.15) is 5.10 Å². The molecule has 1 N–H and O–H groups in total. The van der Waals surface area contributed by atoms with E-state index in [1.807, 2.05) is 17.8 Å². The summed E-state index contributed by atoms with van der Waals surface area (Å²) in [5.41, 5.74) is 1.18. The molecule has 1 aromatic heterocycles. The molecule has 0 saturated carbocycles. The number of nitrogens with zero attached hydrogens (tertiary/aromatic N) is 2. The maximum absolute atomic E-state index is 11.2. The zero-order valence-electron chi connectivity index (χ0n) is 10.5. The van der Waals surface area contributed by atoms with Crippen LogP contribution in [0.1, 0.15) is 19.0 Å². The molecule has 0 radical (unpaired) electrons. The van der Waals surface area contributed by atoms with E-state index in [1.165, 1.54) is 5.69 Å². The summed E-state index contributed by atoms with van der Waals surface area (Å²) in [6.45, 7) is 3.29. The number of hydrogen-bond acceptors (Lipinski definition) is 4. The van der Waals surface area contributed by atoms with Crippen molar-refractivity contribution in [3.05, 3.63) is 18.0 Å². The second kappa shape index (κ2) is 6.76. The minimum absolute atomic E-state index is 0.238. The number of aryl methyl sites for hydroxylation is 1. The van der Waals surface area contributed by atoms with E-state index < -0.39 is 9.84 Å². The molecule has 1 heterocycles. The first-order chi connectivity index (χ1) is 8.05. The number of aromatic nitrogens is 2. The Morgan fingerprint density at radius 1 is 1.41 bits per heavy atom. The Labute approximate surface area is 103 Å². The highest BCUT2D eigenvalue weighted by Gasteiger charge is 2.05. The summed E-state index contributed by atoms with van der Waals surface area (Å²) in [5, 5.41) is 7.33. The molecule has 0 unspecified atom stereocenters. The topological polar surface area (TPSA) is 64.0 Å². The standard InChI is InChI=1S/C11H21N3O2S/c1-3-17(15,16)10-4-7-12-8-5-11-6-9-13-14(11)2/h6,9,12H,3-5,7-8,10H2,1-2H3. The molecule has 0 aromatic carbocycles. The van der Waals surface area contributed by atoms with Crippen LogP contribution in [0, 0.1) is 0 Å². The SMILES string of the molecule is CCS(=O)(=O)CCCNCCc1ccnn1C. The Balaban J connectivity index is 2.08. The Kier molecular flexibility index (Phi) is 5.64. The predicted octanol–water partition coefficient (Wildman–Crippen LogP) is 0.377. The van der Waals surface area contributed by atoms with Gasteiger partial charge in [0, 0.05) is 37.7 Å². The van der Waals surface area contributed by atoms with Crippen molar-refractivity contribution in [3.63, 3.8) is 0 Å². The minimum Gasteiger partial charge on any atom is -0.316 e. The van der Waals surface area contributed by atoms with Gasteiger partial charge in [0.15, 0.2) is 0 Å². The first kappa shape index (κ1) is 14.2. The summed E-state index contributed by atoms with van der Waals surface area (Å²) in [6, 6.07) is 1.99. The van der Waals surface area contributed by atoms with Crippen LogP contribution in [0.5, 0.6) is 0 Å². The number of nitrogens with one attached hydrogen (secondary N) is 1. The third kappa shape index (κ3) is 5.32. The van der Waals surface area contributed by atoms with Crippen LogP contribution in [-0.4, -0.2) is 42.8 Å². The first-order valence-electron chi connectivity index (χ1n) is 5.93. The van der Waals surface area contributed by atoms with Gasteiger partial charge >= 0.3 is 0 Å². The lowest BCUT2D eigenvalue weighted by molar-refractivity contribution is 0.588. The van der Waals surface area contributed by atoms with Crippen LogP contribution in [0.25, 0.3) is 0 Å². The Morgan fingerprint density at radius 2 is 2.18 bits per heavy atom. The van der Waals surface area contributed by atoms with Crippen molar-refractivity contribution in [2.24, 2.45) is 7.05 Å². The molecular formula is C11H21N3O2S. The highest BCUT2D eigenvalue weighted by Crippen LogP contribution is 1.96. The van der Waals surface area contributed by atoms with Crippen molar-refractivity contribution >= 4 is 9.84 Å². The maximum Gasteiger partial charge on any atom is 0.150 e. The number of rotatable bonds is 8. The molecule has 0 amide bonds.